The van der Waals surface area contributed by atoms with Crippen molar-refractivity contribution in [3.05, 3.63) is 53.1 Å². The molecule has 1 rings (SSSR count). The van der Waals surface area contributed by atoms with Crippen LogP contribution in [0.3, 0.4) is 0 Å². The van der Waals surface area contributed by atoms with Crippen molar-refractivity contribution in [3.63, 3.8) is 0 Å². The van der Waals surface area contributed by atoms with Crippen molar-refractivity contribution in [1.29, 1.82) is 5.26 Å². The van der Waals surface area contributed by atoms with Gasteiger partial charge in [-0.05, 0) is 31.6 Å². The third kappa shape index (κ3) is 3.62. The van der Waals surface area contributed by atoms with E-state index in [-0.39, 0.29) is 5.78 Å². The van der Waals surface area contributed by atoms with Gasteiger partial charge in [0.25, 0.3) is 0 Å². The maximum Gasteiger partial charge on any atom is 0.152 e. The van der Waals surface area contributed by atoms with Crippen LogP contribution in [0.5, 0.6) is 0 Å². The molecule has 3 heteroatoms. The summed E-state index contributed by atoms with van der Waals surface area (Å²) < 4.78 is 0. The van der Waals surface area contributed by atoms with E-state index >= 15 is 0 Å². The van der Waals surface area contributed by atoms with Crippen LogP contribution in [0.15, 0.2) is 42.0 Å². The Balaban J connectivity index is 3.14. The van der Waals surface area contributed by atoms with Crippen LogP contribution in [0.2, 0.25) is 0 Å². The average molecular weight is 226 g/mol. The van der Waals surface area contributed by atoms with E-state index in [1.807, 2.05) is 37.3 Å². The number of aryl methyl sites for hydroxylation is 1. The fraction of sp³-hybridized carbons (Fsp3) is 0.143. The van der Waals surface area contributed by atoms with Crippen LogP contribution in [0.4, 0.5) is 0 Å². The molecule has 3 nitrogen and oxygen atoms in total. The predicted molar refractivity (Wildman–Crippen MR) is 67.7 cm³/mol. The van der Waals surface area contributed by atoms with E-state index in [1.165, 1.54) is 19.1 Å². The number of allylic oxidation sites excluding steroid dienone is 3. The molecule has 0 spiro atoms. The second-order valence-corrected chi connectivity index (χ2v) is 3.75. The van der Waals surface area contributed by atoms with E-state index in [1.54, 1.807) is 0 Å². The van der Waals surface area contributed by atoms with Gasteiger partial charge in [-0.2, -0.15) is 5.26 Å². The molecule has 1 aromatic carbocycles. The summed E-state index contributed by atoms with van der Waals surface area (Å²) in [6, 6.07) is 9.53. The number of benzene rings is 1. The molecular formula is C14H14N2O. The molecule has 0 unspecified atom stereocenters. The van der Waals surface area contributed by atoms with Crippen LogP contribution >= 0.6 is 0 Å². The quantitative estimate of drug-likeness (QED) is 0.488. The Morgan fingerprint density at radius 3 is 2.35 bits per heavy atom. The molecule has 0 saturated carbocycles. The molecule has 0 heterocycles. The van der Waals surface area contributed by atoms with Gasteiger partial charge in [-0.3, -0.25) is 4.79 Å². The summed E-state index contributed by atoms with van der Waals surface area (Å²) in [5, 5.41) is 8.97. The van der Waals surface area contributed by atoms with Gasteiger partial charge in [0.2, 0.25) is 0 Å². The number of hydrogen-bond acceptors (Lipinski definition) is 3. The normalized spacial score (nSPS) is 12.1. The van der Waals surface area contributed by atoms with Crippen LogP contribution < -0.4 is 5.73 Å². The summed E-state index contributed by atoms with van der Waals surface area (Å²) in [6.07, 6.45) is 2.77. The third-order valence-electron chi connectivity index (χ3n) is 2.26. The first kappa shape index (κ1) is 12.7. The Labute approximate surface area is 101 Å². The van der Waals surface area contributed by atoms with E-state index in [0.29, 0.717) is 11.3 Å². The molecule has 0 amide bonds. The smallest absolute Gasteiger partial charge is 0.152 e. The number of carbonyl (C=O) groups is 1. The first-order valence-electron chi connectivity index (χ1n) is 5.20. The van der Waals surface area contributed by atoms with Gasteiger partial charge in [0.15, 0.2) is 5.78 Å². The second-order valence-electron chi connectivity index (χ2n) is 3.75. The average Bonchev–Trinajstić information content (AvgIpc) is 2.30. The molecular weight excluding hydrogens is 212 g/mol. The Hall–Kier alpha value is -2.34. The van der Waals surface area contributed by atoms with Crippen molar-refractivity contribution < 1.29 is 4.79 Å². The monoisotopic (exact) mass is 226 g/mol. The molecule has 0 aliphatic carbocycles. The zero-order valence-corrected chi connectivity index (χ0v) is 9.90. The highest BCUT2D eigenvalue weighted by Crippen LogP contribution is 2.15. The van der Waals surface area contributed by atoms with Crippen molar-refractivity contribution in [2.75, 3.05) is 0 Å². The molecule has 0 atom stereocenters. The maximum absolute atomic E-state index is 10.8. The molecule has 17 heavy (non-hydrogen) atoms. The van der Waals surface area contributed by atoms with E-state index < -0.39 is 0 Å². The van der Waals surface area contributed by atoms with Crippen LogP contribution in [0.25, 0.3) is 5.70 Å². The lowest BCUT2D eigenvalue weighted by atomic mass is 10.1. The SMILES string of the molecule is CC(=O)C=CC(C#N)=C(N)c1ccc(C)cc1. The van der Waals surface area contributed by atoms with Crippen molar-refractivity contribution in [2.24, 2.45) is 5.73 Å². The highest BCUT2D eigenvalue weighted by atomic mass is 16.1. The van der Waals surface area contributed by atoms with Crippen LogP contribution in [0.1, 0.15) is 18.1 Å². The number of nitriles is 1. The fourth-order valence-electron chi connectivity index (χ4n) is 1.28. The maximum atomic E-state index is 10.8. The molecule has 0 aromatic heterocycles. The first-order chi connectivity index (χ1) is 8.04. The molecule has 0 aliphatic heterocycles. The lowest BCUT2D eigenvalue weighted by Crippen LogP contribution is -2.00. The summed E-state index contributed by atoms with van der Waals surface area (Å²) in [7, 11) is 0. The number of hydrogen-bond donors (Lipinski definition) is 1. The molecule has 1 aromatic rings. The van der Waals surface area contributed by atoms with Gasteiger partial charge in [0.05, 0.1) is 11.3 Å². The minimum atomic E-state index is -0.116. The Kier molecular flexibility index (Phi) is 4.24. The number of carbonyl (C=O) groups excluding carboxylic acids is 1. The van der Waals surface area contributed by atoms with Crippen molar-refractivity contribution >= 4 is 11.5 Å². The lowest BCUT2D eigenvalue weighted by Gasteiger charge is -2.03. The third-order valence-corrected chi connectivity index (χ3v) is 2.26. The number of rotatable bonds is 3. The summed E-state index contributed by atoms with van der Waals surface area (Å²) in [5.74, 6) is -0.116. The highest BCUT2D eigenvalue weighted by Gasteiger charge is 2.02. The van der Waals surface area contributed by atoms with E-state index in [4.69, 9.17) is 11.0 Å². The van der Waals surface area contributed by atoms with Gasteiger partial charge in [-0.15, -0.1) is 0 Å². The molecule has 86 valence electrons. The van der Waals surface area contributed by atoms with Crippen LogP contribution in [-0.4, -0.2) is 5.78 Å². The molecule has 2 N–H and O–H groups in total. The number of ketones is 1. The minimum absolute atomic E-state index is 0.116. The minimum Gasteiger partial charge on any atom is -0.397 e. The molecule has 0 aliphatic rings. The van der Waals surface area contributed by atoms with Crippen LogP contribution in [0, 0.1) is 18.3 Å². The van der Waals surface area contributed by atoms with E-state index in [0.717, 1.165) is 11.1 Å². The van der Waals surface area contributed by atoms with Crippen LogP contribution in [-0.2, 0) is 4.79 Å². The lowest BCUT2D eigenvalue weighted by molar-refractivity contribution is -0.112. The van der Waals surface area contributed by atoms with Gasteiger partial charge in [-0.1, -0.05) is 29.8 Å². The van der Waals surface area contributed by atoms with Crippen molar-refractivity contribution in [1.82, 2.24) is 0 Å². The van der Waals surface area contributed by atoms with Crippen molar-refractivity contribution in [2.45, 2.75) is 13.8 Å². The van der Waals surface area contributed by atoms with Gasteiger partial charge in [0.1, 0.15) is 6.07 Å². The highest BCUT2D eigenvalue weighted by molar-refractivity contribution is 5.88. The predicted octanol–water partition coefficient (Wildman–Crippen LogP) is 2.33. The molecule has 0 saturated heterocycles. The topological polar surface area (TPSA) is 66.9 Å². The summed E-state index contributed by atoms with van der Waals surface area (Å²) in [4.78, 5) is 10.8. The molecule has 0 bridgehead atoms. The Morgan fingerprint density at radius 1 is 1.29 bits per heavy atom. The number of nitrogens with two attached hydrogens (primary N) is 1. The van der Waals surface area contributed by atoms with Crippen molar-refractivity contribution in [3.8, 4) is 6.07 Å². The van der Waals surface area contributed by atoms with E-state index in [9.17, 15) is 4.79 Å². The molecule has 0 radical (unpaired) electrons. The summed E-state index contributed by atoms with van der Waals surface area (Å²) in [5.41, 5.74) is 8.46. The van der Waals surface area contributed by atoms with Gasteiger partial charge in [0, 0.05) is 0 Å². The van der Waals surface area contributed by atoms with E-state index in [2.05, 4.69) is 0 Å². The molecule has 0 fully saturated rings. The largest absolute Gasteiger partial charge is 0.397 e. The van der Waals surface area contributed by atoms with Gasteiger partial charge < -0.3 is 5.73 Å². The summed E-state index contributed by atoms with van der Waals surface area (Å²) >= 11 is 0. The standard InChI is InChI=1S/C14H14N2O/c1-10-3-6-12(7-4-10)14(16)13(9-15)8-5-11(2)17/h3-8H,16H2,1-2H3. The first-order valence-corrected chi connectivity index (χ1v) is 5.20. The number of nitrogens with zero attached hydrogens (tertiary/aromatic N) is 1. The van der Waals surface area contributed by atoms with Gasteiger partial charge >= 0.3 is 0 Å². The zero-order valence-electron chi connectivity index (χ0n) is 9.90. The Morgan fingerprint density at radius 2 is 1.88 bits per heavy atom. The Bertz CT molecular complexity index is 516. The zero-order chi connectivity index (χ0) is 12.8. The van der Waals surface area contributed by atoms with Gasteiger partial charge in [-0.25, -0.2) is 0 Å². The second kappa shape index (κ2) is 5.66. The fourth-order valence-corrected chi connectivity index (χ4v) is 1.28. The summed E-state index contributed by atoms with van der Waals surface area (Å²) in [6.45, 7) is 3.40.